The molecular weight excluding hydrogens is 445 g/mol. The summed E-state index contributed by atoms with van der Waals surface area (Å²) >= 11 is 16.2. The van der Waals surface area contributed by atoms with E-state index in [1.54, 1.807) is 18.3 Å². The van der Waals surface area contributed by atoms with Crippen LogP contribution < -0.4 is 4.74 Å². The van der Waals surface area contributed by atoms with E-state index in [1.807, 2.05) is 44.2 Å². The van der Waals surface area contributed by atoms with E-state index in [0.29, 0.717) is 22.4 Å². The van der Waals surface area contributed by atoms with Crippen molar-refractivity contribution in [1.82, 2.24) is 0 Å². The van der Waals surface area contributed by atoms with E-state index in [2.05, 4.69) is 33.1 Å². The molecule has 0 radical (unpaired) electrons. The highest BCUT2D eigenvalue weighted by molar-refractivity contribution is 9.10. The molecule has 0 aromatic heterocycles. The Morgan fingerprint density at radius 2 is 1.63 bits per heavy atom. The summed E-state index contributed by atoms with van der Waals surface area (Å²) in [7, 11) is 0. The average Bonchev–Trinajstić information content (AvgIpc) is 2.63. The van der Waals surface area contributed by atoms with Crippen molar-refractivity contribution in [2.45, 2.75) is 20.5 Å². The van der Waals surface area contributed by atoms with Crippen LogP contribution in [0, 0.1) is 13.8 Å². The molecule has 0 saturated carbocycles. The van der Waals surface area contributed by atoms with Gasteiger partial charge in [-0.15, -0.1) is 0 Å². The lowest BCUT2D eigenvalue weighted by molar-refractivity contribution is 0.306. The second-order valence-corrected chi connectivity index (χ2v) is 8.01. The first kappa shape index (κ1) is 19.9. The molecule has 0 fully saturated rings. The molecule has 0 atom stereocenters. The zero-order valence-electron chi connectivity index (χ0n) is 15.0. The fourth-order valence-electron chi connectivity index (χ4n) is 2.53. The summed E-state index contributed by atoms with van der Waals surface area (Å²) in [6, 6.07) is 17.7. The molecule has 0 aliphatic rings. The Hall–Kier alpha value is -1.81. The van der Waals surface area contributed by atoms with Crippen LogP contribution in [0.4, 0.5) is 5.69 Å². The molecule has 3 aromatic rings. The van der Waals surface area contributed by atoms with Crippen molar-refractivity contribution >= 4 is 51.0 Å². The first-order chi connectivity index (χ1) is 12.9. The quantitative estimate of drug-likeness (QED) is 0.356. The molecule has 0 heterocycles. The van der Waals surface area contributed by atoms with Gasteiger partial charge in [0, 0.05) is 10.7 Å². The van der Waals surface area contributed by atoms with Gasteiger partial charge < -0.3 is 4.74 Å². The van der Waals surface area contributed by atoms with Crippen LogP contribution in [0.15, 0.2) is 64.1 Å². The van der Waals surface area contributed by atoms with Gasteiger partial charge in [-0.25, -0.2) is 0 Å². The van der Waals surface area contributed by atoms with E-state index < -0.39 is 0 Å². The number of nitrogens with zero attached hydrogens (tertiary/aromatic N) is 1. The molecular formula is C22H18BrCl2NO. The van der Waals surface area contributed by atoms with Gasteiger partial charge in [0.2, 0.25) is 0 Å². The third kappa shape index (κ3) is 5.35. The fourth-order valence-corrected chi connectivity index (χ4v) is 3.41. The Morgan fingerprint density at radius 3 is 2.30 bits per heavy atom. The second-order valence-electron chi connectivity index (χ2n) is 6.28. The minimum Gasteiger partial charge on any atom is -0.486 e. The van der Waals surface area contributed by atoms with Gasteiger partial charge in [0.05, 0.1) is 15.7 Å². The summed E-state index contributed by atoms with van der Waals surface area (Å²) in [4.78, 5) is 4.56. The number of rotatable bonds is 5. The third-order valence-electron chi connectivity index (χ3n) is 4.03. The molecule has 0 aliphatic carbocycles. The molecule has 27 heavy (non-hydrogen) atoms. The first-order valence-corrected chi connectivity index (χ1v) is 9.95. The predicted octanol–water partition coefficient (Wildman–Crippen LogP) is 7.70. The molecule has 0 saturated heterocycles. The van der Waals surface area contributed by atoms with Crippen molar-refractivity contribution in [2.75, 3.05) is 0 Å². The van der Waals surface area contributed by atoms with Crippen LogP contribution in [0.1, 0.15) is 22.3 Å². The van der Waals surface area contributed by atoms with Gasteiger partial charge in [-0.2, -0.15) is 0 Å². The molecule has 0 spiro atoms. The maximum absolute atomic E-state index is 6.39. The molecule has 5 heteroatoms. The first-order valence-electron chi connectivity index (χ1n) is 8.40. The number of benzene rings is 3. The lowest BCUT2D eigenvalue weighted by Crippen LogP contribution is -1.97. The van der Waals surface area contributed by atoms with Gasteiger partial charge in [-0.3, -0.25) is 4.99 Å². The van der Waals surface area contributed by atoms with Crippen molar-refractivity contribution in [2.24, 2.45) is 4.99 Å². The minimum atomic E-state index is 0.392. The summed E-state index contributed by atoms with van der Waals surface area (Å²) < 4.78 is 6.85. The van der Waals surface area contributed by atoms with Gasteiger partial charge in [-0.1, -0.05) is 63.4 Å². The lowest BCUT2D eigenvalue weighted by Gasteiger charge is -2.11. The Bertz CT molecular complexity index is 961. The molecule has 0 unspecified atom stereocenters. The van der Waals surface area contributed by atoms with Gasteiger partial charge in [-0.05, 0) is 66.4 Å². The van der Waals surface area contributed by atoms with Crippen LogP contribution in [0.5, 0.6) is 5.75 Å². The minimum absolute atomic E-state index is 0.392. The number of aryl methyl sites for hydroxylation is 2. The van der Waals surface area contributed by atoms with Crippen molar-refractivity contribution in [1.29, 1.82) is 0 Å². The molecule has 0 N–H and O–H groups in total. The van der Waals surface area contributed by atoms with Crippen molar-refractivity contribution in [3.8, 4) is 5.75 Å². The number of hydrogen-bond donors (Lipinski definition) is 0. The average molecular weight is 463 g/mol. The van der Waals surface area contributed by atoms with Crippen LogP contribution >= 0.6 is 39.1 Å². The van der Waals surface area contributed by atoms with E-state index in [4.69, 9.17) is 27.9 Å². The molecule has 3 rings (SSSR count). The summed E-state index contributed by atoms with van der Waals surface area (Å²) in [5, 5.41) is 0.920. The largest absolute Gasteiger partial charge is 0.486 e. The van der Waals surface area contributed by atoms with Crippen LogP contribution in [-0.4, -0.2) is 6.21 Å². The van der Waals surface area contributed by atoms with Crippen LogP contribution in [0.3, 0.4) is 0 Å². The van der Waals surface area contributed by atoms with E-state index in [1.165, 1.54) is 5.56 Å². The number of aliphatic imine (C=N–C) groups is 1. The van der Waals surface area contributed by atoms with E-state index >= 15 is 0 Å². The summed E-state index contributed by atoms with van der Waals surface area (Å²) in [6.07, 6.45) is 1.76. The molecule has 0 bridgehead atoms. The Labute approximate surface area is 177 Å². The molecule has 2 nitrogen and oxygen atoms in total. The smallest absolute Gasteiger partial charge is 0.157 e. The highest BCUT2D eigenvalue weighted by atomic mass is 79.9. The number of halogens is 3. The maximum atomic E-state index is 6.39. The van der Waals surface area contributed by atoms with Gasteiger partial charge in [0.1, 0.15) is 6.61 Å². The van der Waals surface area contributed by atoms with Crippen LogP contribution in [-0.2, 0) is 6.61 Å². The number of ether oxygens (including phenoxy) is 1. The Kier molecular flexibility index (Phi) is 6.59. The lowest BCUT2D eigenvalue weighted by atomic mass is 10.1. The third-order valence-corrected chi connectivity index (χ3v) is 5.12. The van der Waals surface area contributed by atoms with E-state index in [9.17, 15) is 0 Å². The highest BCUT2D eigenvalue weighted by Crippen LogP contribution is 2.34. The fraction of sp³-hybridized carbons (Fsp3) is 0.136. The standard InChI is InChI=1S/C22H18BrCl2NO/c1-14-3-4-15(2)21(9-14)26-12-17-10-19(24)22(20(25)11-17)27-13-16-5-7-18(23)8-6-16/h3-12H,13H2,1-2H3. The van der Waals surface area contributed by atoms with E-state index in [-0.39, 0.29) is 0 Å². The molecule has 138 valence electrons. The molecule has 0 amide bonds. The van der Waals surface area contributed by atoms with Gasteiger partial charge in [0.25, 0.3) is 0 Å². The van der Waals surface area contributed by atoms with Gasteiger partial charge in [0.15, 0.2) is 5.75 Å². The molecule has 0 aliphatic heterocycles. The van der Waals surface area contributed by atoms with Crippen molar-refractivity contribution in [3.05, 3.63) is 91.4 Å². The summed E-state index contributed by atoms with van der Waals surface area (Å²) in [5.74, 6) is 0.477. The van der Waals surface area contributed by atoms with E-state index in [0.717, 1.165) is 26.9 Å². The molecule has 3 aromatic carbocycles. The summed E-state index contributed by atoms with van der Waals surface area (Å²) in [5.41, 5.74) is 5.06. The van der Waals surface area contributed by atoms with Gasteiger partial charge >= 0.3 is 0 Å². The zero-order valence-corrected chi connectivity index (χ0v) is 18.1. The topological polar surface area (TPSA) is 21.6 Å². The Balaban J connectivity index is 1.77. The SMILES string of the molecule is Cc1ccc(C)c(N=Cc2cc(Cl)c(OCc3ccc(Br)cc3)c(Cl)c2)c1. The second kappa shape index (κ2) is 8.92. The maximum Gasteiger partial charge on any atom is 0.157 e. The number of hydrogen-bond acceptors (Lipinski definition) is 2. The van der Waals surface area contributed by atoms with Crippen LogP contribution in [0.2, 0.25) is 10.0 Å². The highest BCUT2D eigenvalue weighted by Gasteiger charge is 2.10. The van der Waals surface area contributed by atoms with Crippen LogP contribution in [0.25, 0.3) is 0 Å². The van der Waals surface area contributed by atoms with Crippen molar-refractivity contribution < 1.29 is 4.74 Å². The Morgan fingerprint density at radius 1 is 0.963 bits per heavy atom. The predicted molar refractivity (Wildman–Crippen MR) is 118 cm³/mol. The summed E-state index contributed by atoms with van der Waals surface area (Å²) in [6.45, 7) is 4.47. The normalized spacial score (nSPS) is 11.1. The monoisotopic (exact) mass is 461 g/mol. The van der Waals surface area contributed by atoms with Crippen molar-refractivity contribution in [3.63, 3.8) is 0 Å². The zero-order chi connectivity index (χ0) is 19.4.